The minimum atomic E-state index is -2.97. The van der Waals surface area contributed by atoms with Crippen LogP contribution in [0.15, 0.2) is 24.3 Å². The van der Waals surface area contributed by atoms with Gasteiger partial charge in [0.05, 0.1) is 18.1 Å². The molecule has 0 N–H and O–H groups in total. The zero-order chi connectivity index (χ0) is 15.9. The zero-order valence-electron chi connectivity index (χ0n) is 13.6. The van der Waals surface area contributed by atoms with Gasteiger partial charge in [-0.2, -0.15) is 0 Å². The summed E-state index contributed by atoms with van der Waals surface area (Å²) < 4.78 is 29.8. The average Bonchev–Trinajstić information content (AvgIpc) is 2.43. The summed E-state index contributed by atoms with van der Waals surface area (Å²) >= 11 is 0. The third kappa shape index (κ3) is 6.98. The van der Waals surface area contributed by atoms with Crippen molar-refractivity contribution >= 4 is 9.84 Å². The number of hydrogen-bond donors (Lipinski definition) is 0. The van der Waals surface area contributed by atoms with Gasteiger partial charge in [-0.05, 0) is 36.0 Å². The first-order chi connectivity index (χ1) is 9.84. The van der Waals surface area contributed by atoms with Gasteiger partial charge in [0.1, 0.15) is 5.75 Å². The fourth-order valence-electron chi connectivity index (χ4n) is 2.10. The SMILES string of the molecule is CCCCS(=O)(=O)C[C@H](C)c1cccc(OCC(C)C)c1. The molecule has 1 rings (SSSR count). The van der Waals surface area contributed by atoms with Crippen LogP contribution in [0.1, 0.15) is 52.0 Å². The number of ether oxygens (including phenoxy) is 1. The van der Waals surface area contributed by atoms with Crippen molar-refractivity contribution < 1.29 is 13.2 Å². The summed E-state index contributed by atoms with van der Waals surface area (Å²) in [6.07, 6.45) is 1.65. The Balaban J connectivity index is 2.69. The van der Waals surface area contributed by atoms with Crippen molar-refractivity contribution in [2.24, 2.45) is 5.92 Å². The van der Waals surface area contributed by atoms with Crippen LogP contribution in [0, 0.1) is 5.92 Å². The Hall–Kier alpha value is -1.03. The van der Waals surface area contributed by atoms with E-state index in [2.05, 4.69) is 13.8 Å². The van der Waals surface area contributed by atoms with E-state index in [1.54, 1.807) is 0 Å². The summed E-state index contributed by atoms with van der Waals surface area (Å²) in [6.45, 7) is 8.85. The average molecular weight is 312 g/mol. The molecule has 0 aromatic heterocycles. The summed E-state index contributed by atoms with van der Waals surface area (Å²) in [5.74, 6) is 1.78. The molecule has 0 saturated heterocycles. The number of rotatable bonds is 9. The Labute approximate surface area is 129 Å². The van der Waals surface area contributed by atoms with E-state index < -0.39 is 9.84 Å². The highest BCUT2D eigenvalue weighted by molar-refractivity contribution is 7.91. The molecule has 4 heteroatoms. The number of hydrogen-bond acceptors (Lipinski definition) is 3. The van der Waals surface area contributed by atoms with E-state index >= 15 is 0 Å². The monoisotopic (exact) mass is 312 g/mol. The molecule has 0 saturated carbocycles. The maximum Gasteiger partial charge on any atom is 0.150 e. The second-order valence-electron chi connectivity index (χ2n) is 6.15. The van der Waals surface area contributed by atoms with Crippen LogP contribution >= 0.6 is 0 Å². The van der Waals surface area contributed by atoms with E-state index in [1.165, 1.54) is 0 Å². The second-order valence-corrected chi connectivity index (χ2v) is 8.38. The lowest BCUT2D eigenvalue weighted by Gasteiger charge is -2.15. The van der Waals surface area contributed by atoms with Crippen molar-refractivity contribution in [3.63, 3.8) is 0 Å². The van der Waals surface area contributed by atoms with E-state index in [0.717, 1.165) is 24.2 Å². The molecule has 3 nitrogen and oxygen atoms in total. The summed E-state index contributed by atoms with van der Waals surface area (Å²) in [6, 6.07) is 7.79. The summed E-state index contributed by atoms with van der Waals surface area (Å²) in [5, 5.41) is 0. The lowest BCUT2D eigenvalue weighted by Crippen LogP contribution is -2.16. The molecule has 0 aliphatic rings. The summed E-state index contributed by atoms with van der Waals surface area (Å²) in [4.78, 5) is 0. The molecular weight excluding hydrogens is 284 g/mol. The molecule has 0 radical (unpaired) electrons. The van der Waals surface area contributed by atoms with Gasteiger partial charge in [-0.3, -0.25) is 0 Å². The van der Waals surface area contributed by atoms with Gasteiger partial charge in [0.25, 0.3) is 0 Å². The molecule has 1 aromatic rings. The summed E-state index contributed by atoms with van der Waals surface area (Å²) in [5.41, 5.74) is 1.02. The standard InChI is InChI=1S/C17H28O3S/c1-5-6-10-21(18,19)13-15(4)16-8-7-9-17(11-16)20-12-14(2)3/h7-9,11,14-15H,5-6,10,12-13H2,1-4H3/t15-/m0/s1. The quantitative estimate of drug-likeness (QED) is 0.691. The van der Waals surface area contributed by atoms with Gasteiger partial charge in [0, 0.05) is 0 Å². The third-order valence-corrected chi connectivity index (χ3v) is 5.24. The third-order valence-electron chi connectivity index (χ3n) is 3.32. The smallest absolute Gasteiger partial charge is 0.150 e. The van der Waals surface area contributed by atoms with Crippen molar-refractivity contribution in [1.29, 1.82) is 0 Å². The van der Waals surface area contributed by atoms with Crippen molar-refractivity contribution in [2.45, 2.75) is 46.5 Å². The van der Waals surface area contributed by atoms with Gasteiger partial charge in [0.2, 0.25) is 0 Å². The molecule has 0 aliphatic carbocycles. The Morgan fingerprint density at radius 3 is 2.52 bits per heavy atom. The van der Waals surface area contributed by atoms with Crippen LogP contribution in [0.3, 0.4) is 0 Å². The van der Waals surface area contributed by atoms with E-state index in [0.29, 0.717) is 12.5 Å². The van der Waals surface area contributed by atoms with E-state index in [9.17, 15) is 8.42 Å². The predicted molar refractivity (Wildman–Crippen MR) is 88.8 cm³/mol. The molecular formula is C17H28O3S. The highest BCUT2D eigenvalue weighted by Gasteiger charge is 2.17. The highest BCUT2D eigenvalue weighted by atomic mass is 32.2. The fourth-order valence-corrected chi connectivity index (χ4v) is 3.95. The molecule has 0 bridgehead atoms. The highest BCUT2D eigenvalue weighted by Crippen LogP contribution is 2.23. The first-order valence-electron chi connectivity index (χ1n) is 7.77. The van der Waals surface area contributed by atoms with Crippen LogP contribution in [0.2, 0.25) is 0 Å². The first kappa shape index (κ1) is 18.0. The Morgan fingerprint density at radius 2 is 1.90 bits per heavy atom. The van der Waals surface area contributed by atoms with Crippen LogP contribution in [0.5, 0.6) is 5.75 Å². The maximum atomic E-state index is 12.0. The van der Waals surface area contributed by atoms with Crippen LogP contribution in [-0.2, 0) is 9.84 Å². The molecule has 0 fully saturated rings. The Kier molecular flexibility index (Phi) is 7.23. The van der Waals surface area contributed by atoms with Gasteiger partial charge in [-0.25, -0.2) is 8.42 Å². The second kappa shape index (κ2) is 8.42. The molecule has 0 amide bonds. The molecule has 0 unspecified atom stereocenters. The minimum Gasteiger partial charge on any atom is -0.493 e. The van der Waals surface area contributed by atoms with Crippen LogP contribution in [0.25, 0.3) is 0 Å². The van der Waals surface area contributed by atoms with Gasteiger partial charge in [-0.1, -0.05) is 46.2 Å². The number of benzene rings is 1. The van der Waals surface area contributed by atoms with Gasteiger partial charge in [-0.15, -0.1) is 0 Å². The maximum absolute atomic E-state index is 12.0. The molecule has 21 heavy (non-hydrogen) atoms. The first-order valence-corrected chi connectivity index (χ1v) is 9.59. The number of unbranched alkanes of at least 4 members (excludes halogenated alkanes) is 1. The van der Waals surface area contributed by atoms with Crippen LogP contribution in [-0.4, -0.2) is 26.5 Å². The van der Waals surface area contributed by atoms with Crippen molar-refractivity contribution in [3.8, 4) is 5.75 Å². The Bertz CT molecular complexity index is 521. The molecule has 0 aliphatic heterocycles. The molecule has 1 atom stereocenters. The van der Waals surface area contributed by atoms with Crippen molar-refractivity contribution in [2.75, 3.05) is 18.1 Å². The predicted octanol–water partition coefficient (Wildman–Crippen LogP) is 4.04. The van der Waals surface area contributed by atoms with Crippen molar-refractivity contribution in [1.82, 2.24) is 0 Å². The van der Waals surface area contributed by atoms with E-state index in [4.69, 9.17) is 4.74 Å². The molecule has 120 valence electrons. The van der Waals surface area contributed by atoms with E-state index in [1.807, 2.05) is 38.1 Å². The molecule has 1 aromatic carbocycles. The molecule has 0 spiro atoms. The lowest BCUT2D eigenvalue weighted by molar-refractivity contribution is 0.271. The normalized spacial score (nSPS) is 13.4. The number of sulfone groups is 1. The minimum absolute atomic E-state index is 0.00513. The Morgan fingerprint density at radius 1 is 1.19 bits per heavy atom. The fraction of sp³-hybridized carbons (Fsp3) is 0.647. The van der Waals surface area contributed by atoms with Gasteiger partial charge >= 0.3 is 0 Å². The molecule has 0 heterocycles. The summed E-state index contributed by atoms with van der Waals surface area (Å²) in [7, 11) is -2.97. The van der Waals surface area contributed by atoms with Gasteiger partial charge < -0.3 is 4.74 Å². The van der Waals surface area contributed by atoms with Gasteiger partial charge in [0.15, 0.2) is 9.84 Å². The topological polar surface area (TPSA) is 43.4 Å². The lowest BCUT2D eigenvalue weighted by atomic mass is 10.0. The van der Waals surface area contributed by atoms with E-state index in [-0.39, 0.29) is 17.4 Å². The van der Waals surface area contributed by atoms with Crippen LogP contribution in [0.4, 0.5) is 0 Å². The van der Waals surface area contributed by atoms with Crippen LogP contribution < -0.4 is 4.74 Å². The largest absolute Gasteiger partial charge is 0.493 e. The van der Waals surface area contributed by atoms with Crippen molar-refractivity contribution in [3.05, 3.63) is 29.8 Å². The zero-order valence-corrected chi connectivity index (χ0v) is 14.4.